The van der Waals surface area contributed by atoms with Gasteiger partial charge in [0.25, 0.3) is 0 Å². The third kappa shape index (κ3) is 8.23. The molecule has 188 valence electrons. The zero-order valence-corrected chi connectivity index (χ0v) is 21.6. The molecule has 0 bridgehead atoms. The quantitative estimate of drug-likeness (QED) is 0.166. The number of aliphatic imine (C=N–C) groups is 4. The van der Waals surface area contributed by atoms with Gasteiger partial charge in [-0.2, -0.15) is 0 Å². The molecule has 0 aromatic heterocycles. The molecule has 0 aliphatic carbocycles. The first-order chi connectivity index (χ1) is 16.9. The standard InChI is InChI=1S/C29H40FN5/c1-7-10-29(8-2)11-16-35(22-29)28-19-26(18-27(30)24(28)4)23(3)17-25(20-32-6)21-34-15-14-33-13-9-12-31-5/h7,9,12-13,18-21,23H,1,5-6,8,10-11,14-17,22H2,2-4H3/b12-9-,25-20-,33-13-,34-21-. The number of benzene rings is 1. The number of allylic oxidation sites excluding steroid dienone is 3. The number of nitrogens with zero attached hydrogens (tertiary/aromatic N) is 5. The number of rotatable bonds is 14. The Morgan fingerprint density at radius 3 is 2.69 bits per heavy atom. The van der Waals surface area contributed by atoms with Crippen molar-refractivity contribution in [1.82, 2.24) is 0 Å². The van der Waals surface area contributed by atoms with E-state index in [4.69, 9.17) is 0 Å². The van der Waals surface area contributed by atoms with Gasteiger partial charge in [-0.1, -0.05) is 19.9 Å². The summed E-state index contributed by atoms with van der Waals surface area (Å²) in [7, 11) is 0. The average Bonchev–Trinajstić information content (AvgIpc) is 3.27. The first-order valence-corrected chi connectivity index (χ1v) is 12.3. The second-order valence-corrected chi connectivity index (χ2v) is 9.27. The van der Waals surface area contributed by atoms with Crippen LogP contribution >= 0.6 is 0 Å². The van der Waals surface area contributed by atoms with E-state index in [0.717, 1.165) is 54.7 Å². The SMILES string of the molecule is C=CCC1(CC)CCN(c2cc(C(C)CC(/C=N\CC/N=C\C=C/N=C)=C/N=C)cc(F)c2C)C1. The molecule has 1 saturated heterocycles. The van der Waals surface area contributed by atoms with Crippen LogP contribution in [0.15, 0.2) is 68.8 Å². The second-order valence-electron chi connectivity index (χ2n) is 9.27. The Kier molecular flexibility index (Phi) is 11.5. The fourth-order valence-corrected chi connectivity index (χ4v) is 4.60. The minimum absolute atomic E-state index is 0.101. The Hall–Kier alpha value is -3.15. The van der Waals surface area contributed by atoms with Gasteiger partial charge in [0.15, 0.2) is 0 Å². The van der Waals surface area contributed by atoms with Crippen molar-refractivity contribution in [1.29, 1.82) is 0 Å². The first kappa shape index (κ1) is 28.1. The highest BCUT2D eigenvalue weighted by Gasteiger charge is 2.36. The van der Waals surface area contributed by atoms with E-state index >= 15 is 4.39 Å². The Morgan fingerprint density at radius 2 is 2.00 bits per heavy atom. The maximum Gasteiger partial charge on any atom is 0.128 e. The van der Waals surface area contributed by atoms with Crippen LogP contribution in [0.4, 0.5) is 10.1 Å². The van der Waals surface area contributed by atoms with E-state index in [-0.39, 0.29) is 17.2 Å². The van der Waals surface area contributed by atoms with E-state index in [1.54, 1.807) is 30.8 Å². The van der Waals surface area contributed by atoms with Gasteiger partial charge in [0.05, 0.1) is 13.1 Å². The predicted octanol–water partition coefficient (Wildman–Crippen LogP) is 6.75. The molecule has 2 unspecified atom stereocenters. The third-order valence-corrected chi connectivity index (χ3v) is 6.81. The maximum absolute atomic E-state index is 15.0. The molecule has 6 heteroatoms. The summed E-state index contributed by atoms with van der Waals surface area (Å²) in [4.78, 5) is 18.6. The average molecular weight is 478 g/mol. The summed E-state index contributed by atoms with van der Waals surface area (Å²) in [5, 5.41) is 0. The van der Waals surface area contributed by atoms with Crippen molar-refractivity contribution in [2.24, 2.45) is 25.4 Å². The Labute approximate surface area is 210 Å². The summed E-state index contributed by atoms with van der Waals surface area (Å²) in [5.74, 6) is -0.0498. The molecule has 0 amide bonds. The zero-order chi connectivity index (χ0) is 25.7. The van der Waals surface area contributed by atoms with Crippen LogP contribution in [-0.2, 0) is 0 Å². The molecule has 1 aromatic carbocycles. The van der Waals surface area contributed by atoms with Gasteiger partial charge < -0.3 is 4.90 Å². The van der Waals surface area contributed by atoms with E-state index in [0.29, 0.717) is 19.5 Å². The Morgan fingerprint density at radius 1 is 1.23 bits per heavy atom. The topological polar surface area (TPSA) is 52.7 Å². The molecule has 1 heterocycles. The molecule has 1 aromatic rings. The summed E-state index contributed by atoms with van der Waals surface area (Å²) >= 11 is 0. The molecule has 0 spiro atoms. The van der Waals surface area contributed by atoms with Gasteiger partial charge in [0.1, 0.15) is 5.82 Å². The Bertz CT molecular complexity index is 991. The van der Waals surface area contributed by atoms with Gasteiger partial charge in [0.2, 0.25) is 0 Å². The molecular weight excluding hydrogens is 437 g/mol. The van der Waals surface area contributed by atoms with Gasteiger partial charge in [-0.3, -0.25) is 20.0 Å². The highest BCUT2D eigenvalue weighted by atomic mass is 19.1. The molecule has 2 atom stereocenters. The number of anilines is 1. The fourth-order valence-electron chi connectivity index (χ4n) is 4.60. The minimum Gasteiger partial charge on any atom is -0.371 e. The largest absolute Gasteiger partial charge is 0.371 e. The molecule has 0 N–H and O–H groups in total. The predicted molar refractivity (Wildman–Crippen MR) is 152 cm³/mol. The van der Waals surface area contributed by atoms with Crippen LogP contribution in [0.2, 0.25) is 0 Å². The van der Waals surface area contributed by atoms with E-state index in [1.807, 2.05) is 19.2 Å². The molecule has 0 radical (unpaired) electrons. The third-order valence-electron chi connectivity index (χ3n) is 6.81. The van der Waals surface area contributed by atoms with Crippen LogP contribution < -0.4 is 4.90 Å². The highest BCUT2D eigenvalue weighted by Crippen LogP contribution is 2.41. The number of hydrogen-bond acceptors (Lipinski definition) is 5. The maximum atomic E-state index is 15.0. The number of halogens is 1. The first-order valence-electron chi connectivity index (χ1n) is 12.3. The lowest BCUT2D eigenvalue weighted by molar-refractivity contribution is 0.318. The van der Waals surface area contributed by atoms with Crippen molar-refractivity contribution >= 4 is 31.6 Å². The molecule has 2 rings (SSSR count). The molecule has 35 heavy (non-hydrogen) atoms. The summed E-state index contributed by atoms with van der Waals surface area (Å²) in [6.45, 7) is 20.2. The summed E-state index contributed by atoms with van der Waals surface area (Å²) in [5.41, 5.74) is 3.89. The van der Waals surface area contributed by atoms with Crippen LogP contribution in [0.25, 0.3) is 0 Å². The molecule has 1 fully saturated rings. The number of hydrogen-bond donors (Lipinski definition) is 0. The lowest BCUT2D eigenvalue weighted by Gasteiger charge is -2.29. The van der Waals surface area contributed by atoms with Crippen molar-refractivity contribution in [3.63, 3.8) is 0 Å². The highest BCUT2D eigenvalue weighted by molar-refractivity contribution is 5.79. The fraction of sp³-hybridized carbons (Fsp3) is 0.448. The van der Waals surface area contributed by atoms with Crippen molar-refractivity contribution in [3.05, 3.63) is 65.8 Å². The van der Waals surface area contributed by atoms with Crippen LogP contribution in [-0.4, -0.2) is 52.0 Å². The monoisotopic (exact) mass is 477 g/mol. The lowest BCUT2D eigenvalue weighted by atomic mass is 9.81. The summed E-state index contributed by atoms with van der Waals surface area (Å²) in [6, 6.07) is 3.84. The van der Waals surface area contributed by atoms with Crippen molar-refractivity contribution in [3.8, 4) is 0 Å². The molecule has 1 aliphatic heterocycles. The van der Waals surface area contributed by atoms with E-state index in [1.165, 1.54) is 0 Å². The normalized spacial score (nSPS) is 19.8. The second kappa shape index (κ2) is 14.3. The molecule has 5 nitrogen and oxygen atoms in total. The zero-order valence-electron chi connectivity index (χ0n) is 21.6. The minimum atomic E-state index is -0.151. The van der Waals surface area contributed by atoms with E-state index in [9.17, 15) is 0 Å². The van der Waals surface area contributed by atoms with Gasteiger partial charge in [-0.05, 0) is 86.7 Å². The van der Waals surface area contributed by atoms with Crippen molar-refractivity contribution in [2.45, 2.75) is 52.4 Å². The Balaban J connectivity index is 2.12. The van der Waals surface area contributed by atoms with Crippen molar-refractivity contribution in [2.75, 3.05) is 31.1 Å². The molecule has 1 aliphatic rings. The van der Waals surface area contributed by atoms with Gasteiger partial charge in [-0.25, -0.2) is 4.39 Å². The van der Waals surface area contributed by atoms with Crippen LogP contribution in [0.3, 0.4) is 0 Å². The van der Waals surface area contributed by atoms with Crippen LogP contribution in [0, 0.1) is 18.2 Å². The van der Waals surface area contributed by atoms with Crippen LogP contribution in [0.1, 0.15) is 56.6 Å². The van der Waals surface area contributed by atoms with Gasteiger partial charge in [0, 0.05) is 49.2 Å². The van der Waals surface area contributed by atoms with Gasteiger partial charge in [-0.15, -0.1) is 6.58 Å². The molecule has 0 saturated carbocycles. The lowest BCUT2D eigenvalue weighted by Crippen LogP contribution is -2.27. The molecular formula is C29H40FN5. The van der Waals surface area contributed by atoms with Crippen LogP contribution in [0.5, 0.6) is 0 Å². The summed E-state index contributed by atoms with van der Waals surface area (Å²) < 4.78 is 15.0. The van der Waals surface area contributed by atoms with Gasteiger partial charge >= 0.3 is 0 Å². The van der Waals surface area contributed by atoms with E-state index in [2.05, 4.69) is 64.8 Å². The van der Waals surface area contributed by atoms with E-state index < -0.39 is 0 Å². The smallest absolute Gasteiger partial charge is 0.128 e. The summed E-state index contributed by atoms with van der Waals surface area (Å²) in [6.07, 6.45) is 14.4. The van der Waals surface area contributed by atoms with Crippen molar-refractivity contribution < 1.29 is 4.39 Å².